The molecule has 21 heavy (non-hydrogen) atoms. The van der Waals surface area contributed by atoms with Gasteiger partial charge < -0.3 is 4.74 Å². The highest BCUT2D eigenvalue weighted by Gasteiger charge is 2.16. The molecule has 0 saturated carbocycles. The van der Waals surface area contributed by atoms with Crippen LogP contribution in [-0.2, 0) is 4.79 Å². The maximum Gasteiger partial charge on any atom is 0.335 e. The van der Waals surface area contributed by atoms with Gasteiger partial charge in [-0.05, 0) is 12.1 Å². The number of carbonyl (C=O) groups excluding carboxylic acids is 1. The zero-order chi connectivity index (χ0) is 15.2. The second-order valence-corrected chi connectivity index (χ2v) is 4.12. The van der Waals surface area contributed by atoms with Crippen molar-refractivity contribution in [3.63, 3.8) is 0 Å². The van der Waals surface area contributed by atoms with Crippen LogP contribution in [0.2, 0.25) is 0 Å². The summed E-state index contributed by atoms with van der Waals surface area (Å²) >= 11 is 0. The molecule has 0 aromatic heterocycles. The molecule has 2 rings (SSSR count). The molecular weight excluding hydrogens is 274 g/mol. The number of hydrogen-bond donors (Lipinski definition) is 0. The number of ether oxygens (including phenoxy) is 1. The normalized spacial score (nSPS) is 11.5. The molecule has 0 N–H and O–H groups in total. The smallest absolute Gasteiger partial charge is 0.335 e. The summed E-state index contributed by atoms with van der Waals surface area (Å²) in [5, 5.41) is 0. The van der Waals surface area contributed by atoms with Gasteiger partial charge in [0.15, 0.2) is 11.7 Å². The van der Waals surface area contributed by atoms with Gasteiger partial charge in [0.1, 0.15) is 5.75 Å². The van der Waals surface area contributed by atoms with Gasteiger partial charge in [-0.2, -0.15) is 0 Å². The molecule has 106 valence electrons. The van der Waals surface area contributed by atoms with Crippen molar-refractivity contribution in [3.05, 3.63) is 78.4 Å². The second kappa shape index (κ2) is 6.61. The monoisotopic (exact) mass is 286 g/mol. The number of hydrogen-bond acceptors (Lipinski definition) is 2. The molecule has 0 amide bonds. The van der Waals surface area contributed by atoms with Crippen molar-refractivity contribution in [1.82, 2.24) is 0 Å². The predicted molar refractivity (Wildman–Crippen MR) is 77.7 cm³/mol. The van der Waals surface area contributed by atoms with Gasteiger partial charge in [0.2, 0.25) is 0 Å². The Hall–Kier alpha value is -2.75. The first kappa shape index (κ1) is 14.7. The number of esters is 1. The molecule has 0 aliphatic carbocycles. The lowest BCUT2D eigenvalue weighted by Crippen LogP contribution is -2.04. The van der Waals surface area contributed by atoms with Gasteiger partial charge in [0.05, 0.1) is 5.56 Å². The predicted octanol–water partition coefficient (Wildman–Crippen LogP) is 4.54. The summed E-state index contributed by atoms with van der Waals surface area (Å²) in [5.74, 6) is -2.91. The summed E-state index contributed by atoms with van der Waals surface area (Å²) < 4.78 is 33.4. The van der Waals surface area contributed by atoms with Crippen molar-refractivity contribution < 1.29 is 18.3 Å². The molecule has 0 bridgehead atoms. The molecule has 2 nitrogen and oxygen atoms in total. The Morgan fingerprint density at radius 2 is 1.57 bits per heavy atom. The van der Waals surface area contributed by atoms with E-state index in [-0.39, 0.29) is 16.9 Å². The van der Waals surface area contributed by atoms with Crippen LogP contribution >= 0.6 is 0 Å². The van der Waals surface area contributed by atoms with Crippen LogP contribution in [0, 0.1) is 0 Å². The third kappa shape index (κ3) is 3.42. The summed E-state index contributed by atoms with van der Waals surface area (Å²) in [5.41, 5.74) is -0.0195. The Bertz CT molecular complexity index is 691. The fourth-order valence-electron chi connectivity index (χ4n) is 1.72. The topological polar surface area (TPSA) is 26.3 Å². The fraction of sp³-hybridized carbons (Fsp3) is 0. The highest BCUT2D eigenvalue weighted by Crippen LogP contribution is 2.33. The average molecular weight is 286 g/mol. The Morgan fingerprint density at radius 3 is 2.24 bits per heavy atom. The molecule has 0 heterocycles. The first-order valence-electron chi connectivity index (χ1n) is 6.18. The van der Waals surface area contributed by atoms with Gasteiger partial charge in [-0.15, -0.1) is 0 Å². The Labute approximate surface area is 121 Å². The van der Waals surface area contributed by atoms with E-state index in [9.17, 15) is 13.6 Å². The molecule has 0 aliphatic heterocycles. The van der Waals surface area contributed by atoms with E-state index in [1.807, 2.05) is 0 Å². The summed E-state index contributed by atoms with van der Waals surface area (Å²) in [6, 6.07) is 13.6. The molecule has 0 aliphatic rings. The van der Waals surface area contributed by atoms with Crippen molar-refractivity contribution in [1.29, 1.82) is 0 Å². The van der Waals surface area contributed by atoms with Crippen molar-refractivity contribution in [2.24, 2.45) is 0 Å². The van der Waals surface area contributed by atoms with Crippen LogP contribution in [0.15, 0.2) is 67.3 Å². The molecule has 0 unspecified atom stereocenters. The lowest BCUT2D eigenvalue weighted by molar-refractivity contribution is -0.128. The van der Waals surface area contributed by atoms with Gasteiger partial charge in [-0.1, -0.05) is 49.0 Å². The van der Waals surface area contributed by atoms with Crippen LogP contribution in [-0.4, -0.2) is 5.97 Å². The fourth-order valence-corrected chi connectivity index (χ4v) is 1.72. The molecular formula is C17H12F2O2. The zero-order valence-corrected chi connectivity index (χ0v) is 11.1. The third-order valence-electron chi connectivity index (χ3n) is 2.72. The van der Waals surface area contributed by atoms with E-state index in [2.05, 4.69) is 6.58 Å². The van der Waals surface area contributed by atoms with E-state index < -0.39 is 17.6 Å². The van der Waals surface area contributed by atoms with Crippen molar-refractivity contribution in [3.8, 4) is 5.75 Å². The van der Waals surface area contributed by atoms with E-state index in [0.717, 1.165) is 6.08 Å². The molecule has 0 atom stereocenters. The minimum Gasteiger partial charge on any atom is -0.423 e. The summed E-state index contributed by atoms with van der Waals surface area (Å²) in [6.07, 6.45) is 0.950. The molecule has 0 fully saturated rings. The summed E-state index contributed by atoms with van der Waals surface area (Å²) in [6.45, 7) is 3.26. The number of rotatable bonds is 4. The average Bonchev–Trinajstić information content (AvgIpc) is 2.54. The summed E-state index contributed by atoms with van der Waals surface area (Å²) in [7, 11) is 0. The maximum atomic E-state index is 14.3. The van der Waals surface area contributed by atoms with Crippen LogP contribution in [0.4, 0.5) is 8.78 Å². The van der Waals surface area contributed by atoms with Crippen molar-refractivity contribution in [2.45, 2.75) is 0 Å². The molecule has 2 aromatic rings. The lowest BCUT2D eigenvalue weighted by atomic mass is 10.1. The number of carbonyl (C=O) groups is 1. The van der Waals surface area contributed by atoms with E-state index >= 15 is 0 Å². The lowest BCUT2D eigenvalue weighted by Gasteiger charge is -2.08. The van der Waals surface area contributed by atoms with Gasteiger partial charge in [-0.25, -0.2) is 13.6 Å². The minimum atomic E-state index is -1.09. The maximum absolute atomic E-state index is 14.3. The van der Waals surface area contributed by atoms with Crippen LogP contribution in [0.3, 0.4) is 0 Å². The number of para-hydroxylation sites is 1. The van der Waals surface area contributed by atoms with E-state index in [4.69, 9.17) is 4.74 Å². The van der Waals surface area contributed by atoms with Crippen LogP contribution < -0.4 is 4.74 Å². The van der Waals surface area contributed by atoms with Crippen LogP contribution in [0.5, 0.6) is 5.75 Å². The molecule has 0 saturated heterocycles. The molecule has 4 heteroatoms. The Balaban J connectivity index is 2.46. The van der Waals surface area contributed by atoms with Gasteiger partial charge in [0, 0.05) is 11.6 Å². The number of halogens is 2. The highest BCUT2D eigenvalue weighted by molar-refractivity contribution is 5.88. The van der Waals surface area contributed by atoms with Crippen LogP contribution in [0.25, 0.3) is 11.7 Å². The first-order chi connectivity index (χ1) is 10.1. The number of benzene rings is 2. The van der Waals surface area contributed by atoms with E-state index in [1.54, 1.807) is 24.3 Å². The van der Waals surface area contributed by atoms with E-state index in [0.29, 0.717) is 0 Å². The van der Waals surface area contributed by atoms with Gasteiger partial charge in [-0.3, -0.25) is 0 Å². The second-order valence-electron chi connectivity index (χ2n) is 4.12. The van der Waals surface area contributed by atoms with Crippen molar-refractivity contribution >= 4 is 17.6 Å². The minimum absolute atomic E-state index is 0.0639. The van der Waals surface area contributed by atoms with Gasteiger partial charge in [0.25, 0.3) is 0 Å². The van der Waals surface area contributed by atoms with Crippen molar-refractivity contribution in [2.75, 3.05) is 0 Å². The quantitative estimate of drug-likeness (QED) is 0.357. The van der Waals surface area contributed by atoms with E-state index in [1.165, 1.54) is 30.3 Å². The Kier molecular flexibility index (Phi) is 4.61. The standard InChI is InChI=1S/C17H12F2O2/c1-2-15(20)21-14-11-7-6-10-13(14)17(19)16(18)12-8-4-3-5-9-12/h2-11H,1H2. The highest BCUT2D eigenvalue weighted by atomic mass is 19.2. The summed E-state index contributed by atoms with van der Waals surface area (Å²) in [4.78, 5) is 11.2. The third-order valence-corrected chi connectivity index (χ3v) is 2.72. The Morgan fingerprint density at radius 1 is 0.952 bits per heavy atom. The molecule has 0 radical (unpaired) electrons. The largest absolute Gasteiger partial charge is 0.423 e. The zero-order valence-electron chi connectivity index (χ0n) is 11.1. The van der Waals surface area contributed by atoms with Crippen LogP contribution in [0.1, 0.15) is 11.1 Å². The SMILES string of the molecule is C=CC(=O)Oc1ccccc1C(F)=C(F)c1ccccc1. The molecule has 2 aromatic carbocycles. The first-order valence-corrected chi connectivity index (χ1v) is 6.18. The van der Waals surface area contributed by atoms with Gasteiger partial charge >= 0.3 is 5.97 Å². The molecule has 0 spiro atoms.